The highest BCUT2D eigenvalue weighted by atomic mass is 32.1. The Morgan fingerprint density at radius 3 is 2.71 bits per heavy atom. The van der Waals surface area contributed by atoms with Crippen LogP contribution in [0.1, 0.15) is 46.7 Å². The second-order valence-electron chi connectivity index (χ2n) is 8.32. The van der Waals surface area contributed by atoms with E-state index in [1.165, 1.54) is 11.3 Å². The number of hydrogen-bond donors (Lipinski definition) is 1. The lowest BCUT2D eigenvalue weighted by atomic mass is 9.94. The molecule has 2 heterocycles. The van der Waals surface area contributed by atoms with Gasteiger partial charge in [0, 0.05) is 12.1 Å². The molecule has 1 aliphatic rings. The van der Waals surface area contributed by atoms with Crippen LogP contribution in [0.2, 0.25) is 0 Å². The minimum Gasteiger partial charge on any atom is -0.503 e. The summed E-state index contributed by atoms with van der Waals surface area (Å²) in [5.41, 5.74) is 2.26. The molecule has 1 atom stereocenters. The Hall–Kier alpha value is -3.71. The Morgan fingerprint density at radius 1 is 1.23 bits per heavy atom. The number of carbonyl (C=O) groups excluding carboxylic acids is 2. The van der Waals surface area contributed by atoms with Crippen molar-refractivity contribution in [2.45, 2.75) is 32.7 Å². The van der Waals surface area contributed by atoms with E-state index in [9.17, 15) is 14.7 Å². The number of hydrogen-bond acceptors (Lipinski definition) is 6. The predicted molar refractivity (Wildman–Crippen MR) is 138 cm³/mol. The summed E-state index contributed by atoms with van der Waals surface area (Å²) >= 11 is 1.27. The van der Waals surface area contributed by atoms with Crippen LogP contribution < -0.4 is 4.74 Å². The maximum Gasteiger partial charge on any atom is 0.290 e. The molecule has 2 aromatic carbocycles. The van der Waals surface area contributed by atoms with Crippen molar-refractivity contribution in [2.24, 2.45) is 0 Å². The molecule has 180 valence electrons. The average Bonchev–Trinajstić information content (AvgIpc) is 3.39. The summed E-state index contributed by atoms with van der Waals surface area (Å²) in [6.07, 6.45) is 3.27. The van der Waals surface area contributed by atoms with Crippen LogP contribution >= 0.6 is 11.3 Å². The molecule has 4 rings (SSSR count). The number of thiazole rings is 1. The van der Waals surface area contributed by atoms with Crippen LogP contribution in [0.3, 0.4) is 0 Å². The zero-order valence-electron chi connectivity index (χ0n) is 19.9. The molecule has 0 fully saturated rings. The molecular weight excluding hydrogens is 460 g/mol. The summed E-state index contributed by atoms with van der Waals surface area (Å²) in [5, 5.41) is 11.6. The first-order valence-corrected chi connectivity index (χ1v) is 12.4. The predicted octanol–water partition coefficient (Wildman–Crippen LogP) is 6.06. The van der Waals surface area contributed by atoms with Crippen LogP contribution in [0.5, 0.6) is 5.75 Å². The van der Waals surface area contributed by atoms with E-state index in [0.29, 0.717) is 35.0 Å². The van der Waals surface area contributed by atoms with Gasteiger partial charge in [-0.15, -0.1) is 11.3 Å². The summed E-state index contributed by atoms with van der Waals surface area (Å²) in [6, 6.07) is 16.2. The molecule has 6 nitrogen and oxygen atoms in total. The van der Waals surface area contributed by atoms with Crippen LogP contribution in [0.4, 0.5) is 0 Å². The summed E-state index contributed by atoms with van der Waals surface area (Å²) in [5.74, 6) is -0.810. The van der Waals surface area contributed by atoms with Gasteiger partial charge < -0.3 is 14.7 Å². The monoisotopic (exact) mass is 488 g/mol. The number of aliphatic hydroxyl groups excluding tert-OH is 1. The summed E-state index contributed by atoms with van der Waals surface area (Å²) in [4.78, 5) is 33.6. The number of aromatic nitrogens is 1. The fraction of sp³-hybridized carbons (Fsp3) is 0.250. The first-order chi connectivity index (χ1) is 17.0. The van der Waals surface area contributed by atoms with Gasteiger partial charge in [0.2, 0.25) is 5.78 Å². The minimum absolute atomic E-state index is 0.0818. The number of nitrogens with zero attached hydrogens (tertiary/aromatic N) is 2. The molecule has 7 heteroatoms. The fourth-order valence-electron chi connectivity index (χ4n) is 4.15. The third-order valence-electron chi connectivity index (χ3n) is 5.87. The molecule has 1 amide bonds. The van der Waals surface area contributed by atoms with Crippen LogP contribution in [0, 0.1) is 6.92 Å². The lowest BCUT2D eigenvalue weighted by Crippen LogP contribution is -2.32. The lowest BCUT2D eigenvalue weighted by Gasteiger charge is -2.27. The van der Waals surface area contributed by atoms with Gasteiger partial charge in [-0.3, -0.25) is 9.59 Å². The Morgan fingerprint density at radius 2 is 2.00 bits per heavy atom. The quantitative estimate of drug-likeness (QED) is 0.277. The van der Waals surface area contributed by atoms with Crippen molar-refractivity contribution in [1.82, 2.24) is 9.88 Å². The molecule has 0 radical (unpaired) electrons. The molecule has 1 N–H and O–H groups in total. The second kappa shape index (κ2) is 10.7. The van der Waals surface area contributed by atoms with Gasteiger partial charge in [0.05, 0.1) is 22.2 Å². The van der Waals surface area contributed by atoms with Crippen molar-refractivity contribution >= 4 is 23.0 Å². The zero-order chi connectivity index (χ0) is 24.9. The van der Waals surface area contributed by atoms with Crippen molar-refractivity contribution in [3.63, 3.8) is 0 Å². The number of unbranched alkanes of at least 4 members (excludes halogenated alkanes) is 1. The fourth-order valence-corrected chi connectivity index (χ4v) is 5.18. The van der Waals surface area contributed by atoms with Crippen molar-refractivity contribution < 1.29 is 19.4 Å². The van der Waals surface area contributed by atoms with Gasteiger partial charge in [0.25, 0.3) is 5.91 Å². The van der Waals surface area contributed by atoms with Crippen molar-refractivity contribution in [1.29, 1.82) is 0 Å². The summed E-state index contributed by atoms with van der Waals surface area (Å²) < 4.78 is 5.68. The number of ketones is 1. The van der Waals surface area contributed by atoms with Gasteiger partial charge in [-0.2, -0.15) is 0 Å². The van der Waals surface area contributed by atoms with E-state index in [-0.39, 0.29) is 11.4 Å². The maximum atomic E-state index is 13.9. The number of rotatable bonds is 10. The molecule has 3 aromatic rings. The molecule has 0 saturated heterocycles. The molecule has 1 unspecified atom stereocenters. The van der Waals surface area contributed by atoms with E-state index in [2.05, 4.69) is 11.6 Å². The number of benzene rings is 2. The normalized spacial score (nSPS) is 15.5. The van der Waals surface area contributed by atoms with Crippen LogP contribution in [0.25, 0.3) is 10.6 Å². The summed E-state index contributed by atoms with van der Waals surface area (Å²) in [6.45, 7) is 8.24. The number of aliphatic hydroxyl groups is 1. The molecule has 0 saturated carbocycles. The Labute approximate surface area is 209 Å². The van der Waals surface area contributed by atoms with Crippen molar-refractivity contribution in [2.75, 3.05) is 13.2 Å². The van der Waals surface area contributed by atoms with Gasteiger partial charge >= 0.3 is 0 Å². The van der Waals surface area contributed by atoms with Crippen LogP contribution in [-0.4, -0.2) is 39.8 Å². The van der Waals surface area contributed by atoms with E-state index < -0.39 is 17.7 Å². The standard InChI is InChI=1S/C28H28N2O4S/c1-4-6-15-30-23(20-13-10-14-21(17-20)34-16-5-2)22(25(32)28(30)33)24(31)26-18(3)29-27(35-26)19-11-8-7-9-12-19/h5,7-14,17,23,32H,2,4,6,15-16H2,1,3H3. The third-order valence-corrected chi connectivity index (χ3v) is 7.07. The molecule has 0 aliphatic carbocycles. The first kappa shape index (κ1) is 24.4. The summed E-state index contributed by atoms with van der Waals surface area (Å²) in [7, 11) is 0. The molecule has 0 spiro atoms. The van der Waals surface area contributed by atoms with E-state index >= 15 is 0 Å². The topological polar surface area (TPSA) is 79.7 Å². The number of aryl methyl sites for hydroxylation is 1. The zero-order valence-corrected chi connectivity index (χ0v) is 20.7. The largest absolute Gasteiger partial charge is 0.503 e. The van der Waals surface area contributed by atoms with Gasteiger partial charge in [-0.05, 0) is 31.0 Å². The van der Waals surface area contributed by atoms with Crippen molar-refractivity contribution in [3.05, 3.63) is 94.7 Å². The second-order valence-corrected chi connectivity index (χ2v) is 9.32. The first-order valence-electron chi connectivity index (χ1n) is 11.6. The molecule has 0 bridgehead atoms. The Kier molecular flexibility index (Phi) is 7.46. The highest BCUT2D eigenvalue weighted by molar-refractivity contribution is 7.17. The number of amides is 1. The molecule has 1 aliphatic heterocycles. The van der Waals surface area contributed by atoms with Crippen LogP contribution in [-0.2, 0) is 4.79 Å². The highest BCUT2D eigenvalue weighted by Crippen LogP contribution is 2.41. The van der Waals surface area contributed by atoms with E-state index in [1.54, 1.807) is 24.0 Å². The number of carbonyl (C=O) groups is 2. The molecule has 1 aromatic heterocycles. The lowest BCUT2D eigenvalue weighted by molar-refractivity contribution is -0.129. The molecule has 35 heavy (non-hydrogen) atoms. The van der Waals surface area contributed by atoms with E-state index in [0.717, 1.165) is 23.4 Å². The van der Waals surface area contributed by atoms with Gasteiger partial charge in [-0.1, -0.05) is 68.5 Å². The van der Waals surface area contributed by atoms with E-state index in [1.807, 2.05) is 55.5 Å². The molecular formula is C28H28N2O4S. The number of Topliss-reactive ketones (excluding diaryl/α,β-unsaturated/α-hetero) is 1. The Bertz CT molecular complexity index is 1280. The van der Waals surface area contributed by atoms with Gasteiger partial charge in [0.1, 0.15) is 17.4 Å². The van der Waals surface area contributed by atoms with Gasteiger partial charge in [0.15, 0.2) is 5.76 Å². The highest BCUT2D eigenvalue weighted by Gasteiger charge is 2.44. The van der Waals surface area contributed by atoms with Crippen LogP contribution in [0.15, 0.2) is 78.6 Å². The van der Waals surface area contributed by atoms with Gasteiger partial charge in [-0.25, -0.2) is 4.98 Å². The third kappa shape index (κ3) is 4.91. The minimum atomic E-state index is -0.712. The smallest absolute Gasteiger partial charge is 0.290 e. The number of ether oxygens (including phenoxy) is 1. The van der Waals surface area contributed by atoms with E-state index in [4.69, 9.17) is 4.74 Å². The Balaban J connectivity index is 1.77. The van der Waals surface area contributed by atoms with Crippen molar-refractivity contribution in [3.8, 4) is 16.3 Å². The average molecular weight is 489 g/mol. The SMILES string of the molecule is C=CCOc1cccc(C2C(C(=O)c3sc(-c4ccccc4)nc3C)=C(O)C(=O)N2CCCC)c1. The maximum absolute atomic E-state index is 13.9.